The summed E-state index contributed by atoms with van der Waals surface area (Å²) in [6, 6.07) is 0. The molecule has 4 fully saturated rings. The molecule has 102 valence electrons. The first-order valence-electron chi connectivity index (χ1n) is 7.13. The van der Waals surface area contributed by atoms with E-state index in [0.717, 1.165) is 16.5 Å². The van der Waals surface area contributed by atoms with Gasteiger partial charge in [0.15, 0.2) is 0 Å². The predicted molar refractivity (Wildman–Crippen MR) is 70.6 cm³/mol. The Balaban J connectivity index is 1.77. The van der Waals surface area contributed by atoms with Crippen LogP contribution in [0.5, 0.6) is 0 Å². The minimum absolute atomic E-state index is 0.0161. The Hall–Kier alpha value is -1.59. The molecule has 1 heterocycles. The molecule has 4 saturated carbocycles. The summed E-state index contributed by atoms with van der Waals surface area (Å²) in [7, 11) is 0. The van der Waals surface area contributed by atoms with Crippen molar-refractivity contribution in [1.82, 2.24) is 14.9 Å². The van der Waals surface area contributed by atoms with Crippen LogP contribution in [-0.4, -0.2) is 14.9 Å². The highest BCUT2D eigenvalue weighted by atomic mass is 16.1. The fourth-order valence-electron chi connectivity index (χ4n) is 5.00. The van der Waals surface area contributed by atoms with E-state index in [-0.39, 0.29) is 17.4 Å². The highest BCUT2D eigenvalue weighted by Gasteiger charge is 2.50. The number of nitrogens with two attached hydrogens (primary N) is 2. The molecule has 1 aromatic rings. The van der Waals surface area contributed by atoms with Crippen molar-refractivity contribution in [3.63, 3.8) is 0 Å². The first kappa shape index (κ1) is 11.3. The van der Waals surface area contributed by atoms with Gasteiger partial charge < -0.3 is 11.6 Å². The number of anilines is 1. The van der Waals surface area contributed by atoms with Crippen LogP contribution in [0.1, 0.15) is 43.7 Å². The molecule has 4 bridgehead atoms. The van der Waals surface area contributed by atoms with Crippen LogP contribution in [0.15, 0.2) is 4.79 Å². The van der Waals surface area contributed by atoms with Crippen molar-refractivity contribution in [3.8, 4) is 0 Å². The first-order chi connectivity index (χ1) is 9.13. The highest BCUT2D eigenvalue weighted by Crippen LogP contribution is 2.59. The average molecular weight is 261 g/mol. The molecule has 4 aliphatic carbocycles. The van der Waals surface area contributed by atoms with Gasteiger partial charge in [-0.05, 0) is 55.8 Å². The molecule has 0 unspecified atom stereocenters. The van der Waals surface area contributed by atoms with E-state index >= 15 is 0 Å². The molecule has 0 saturated heterocycles. The SMILES string of the molecule is Nc1nnc(C2C3CC4CC(C3)CC2C4)c(=O)n1N. The predicted octanol–water partition coefficient (Wildman–Crippen LogP) is 0.474. The van der Waals surface area contributed by atoms with Gasteiger partial charge in [0.05, 0.1) is 0 Å². The molecule has 0 aliphatic heterocycles. The molecule has 0 aromatic carbocycles. The summed E-state index contributed by atoms with van der Waals surface area (Å²) in [4.78, 5) is 12.3. The highest BCUT2D eigenvalue weighted by molar-refractivity contribution is 5.20. The molecule has 0 atom stereocenters. The number of nitrogen functional groups attached to an aromatic ring is 2. The molecule has 19 heavy (non-hydrogen) atoms. The second-order valence-corrected chi connectivity index (χ2v) is 6.58. The van der Waals surface area contributed by atoms with E-state index in [4.69, 9.17) is 11.6 Å². The Morgan fingerprint density at radius 1 is 1.00 bits per heavy atom. The Bertz CT molecular complexity index is 553. The minimum Gasteiger partial charge on any atom is -0.366 e. The zero-order chi connectivity index (χ0) is 13.1. The number of aromatic nitrogens is 3. The molecule has 1 aromatic heterocycles. The molecular weight excluding hydrogens is 242 g/mol. The summed E-state index contributed by atoms with van der Waals surface area (Å²) in [6.45, 7) is 0. The maximum atomic E-state index is 12.3. The lowest BCUT2D eigenvalue weighted by Gasteiger charge is -2.53. The van der Waals surface area contributed by atoms with Crippen molar-refractivity contribution in [3.05, 3.63) is 16.0 Å². The van der Waals surface area contributed by atoms with E-state index in [1.165, 1.54) is 32.1 Å². The van der Waals surface area contributed by atoms with Crippen molar-refractivity contribution in [1.29, 1.82) is 0 Å². The molecule has 0 spiro atoms. The summed E-state index contributed by atoms with van der Waals surface area (Å²) in [5, 5.41) is 7.93. The standard InChI is InChI=1S/C13H19N5O/c14-13-17-16-11(12(19)18(13)15)10-8-2-6-1-7(4-8)5-9(10)3-6/h6-10H,1-5,15H2,(H2,14,17). The lowest BCUT2D eigenvalue weighted by molar-refractivity contribution is -0.00505. The maximum absolute atomic E-state index is 12.3. The Morgan fingerprint density at radius 3 is 2.16 bits per heavy atom. The lowest BCUT2D eigenvalue weighted by Crippen LogP contribution is -2.47. The van der Waals surface area contributed by atoms with E-state index in [0.29, 0.717) is 17.5 Å². The van der Waals surface area contributed by atoms with Crippen LogP contribution in [0.3, 0.4) is 0 Å². The average Bonchev–Trinajstić information content (AvgIpc) is 2.37. The van der Waals surface area contributed by atoms with Crippen molar-refractivity contribution < 1.29 is 0 Å². The second-order valence-electron chi connectivity index (χ2n) is 6.58. The largest absolute Gasteiger partial charge is 0.366 e. The molecule has 0 amide bonds. The van der Waals surface area contributed by atoms with E-state index in [2.05, 4.69) is 10.2 Å². The van der Waals surface area contributed by atoms with E-state index in [9.17, 15) is 4.79 Å². The van der Waals surface area contributed by atoms with E-state index in [1.54, 1.807) is 0 Å². The summed E-state index contributed by atoms with van der Waals surface area (Å²) in [5.41, 5.74) is 5.82. The van der Waals surface area contributed by atoms with Gasteiger partial charge in [0.25, 0.3) is 5.56 Å². The van der Waals surface area contributed by atoms with Gasteiger partial charge in [0, 0.05) is 5.92 Å². The Kier molecular flexibility index (Phi) is 2.20. The maximum Gasteiger partial charge on any atom is 0.295 e. The topological polar surface area (TPSA) is 99.8 Å². The van der Waals surface area contributed by atoms with Crippen LogP contribution in [0.4, 0.5) is 5.95 Å². The molecule has 4 N–H and O–H groups in total. The quantitative estimate of drug-likeness (QED) is 0.716. The number of hydrogen-bond acceptors (Lipinski definition) is 5. The summed E-state index contributed by atoms with van der Waals surface area (Å²) in [5.74, 6) is 8.84. The minimum atomic E-state index is -0.259. The first-order valence-corrected chi connectivity index (χ1v) is 7.13. The van der Waals surface area contributed by atoms with Crippen molar-refractivity contribution in [2.24, 2.45) is 23.7 Å². The Labute approximate surface area is 111 Å². The van der Waals surface area contributed by atoms with Crippen LogP contribution in [0.25, 0.3) is 0 Å². The molecule has 6 heteroatoms. The van der Waals surface area contributed by atoms with Crippen molar-refractivity contribution in [2.75, 3.05) is 11.6 Å². The van der Waals surface area contributed by atoms with Gasteiger partial charge in [0.2, 0.25) is 5.95 Å². The van der Waals surface area contributed by atoms with Gasteiger partial charge in [-0.25, -0.2) is 0 Å². The zero-order valence-corrected chi connectivity index (χ0v) is 10.8. The zero-order valence-electron chi connectivity index (χ0n) is 10.8. The van der Waals surface area contributed by atoms with Crippen molar-refractivity contribution >= 4 is 5.95 Å². The summed E-state index contributed by atoms with van der Waals surface area (Å²) < 4.78 is 0.938. The van der Waals surface area contributed by atoms with Crippen LogP contribution >= 0.6 is 0 Å². The van der Waals surface area contributed by atoms with Gasteiger partial charge in [-0.3, -0.25) is 4.79 Å². The van der Waals surface area contributed by atoms with E-state index < -0.39 is 0 Å². The summed E-state index contributed by atoms with van der Waals surface area (Å²) in [6.07, 6.45) is 6.37. The van der Waals surface area contributed by atoms with Crippen LogP contribution in [-0.2, 0) is 0 Å². The fourth-order valence-corrected chi connectivity index (χ4v) is 5.00. The number of nitrogens with zero attached hydrogens (tertiary/aromatic N) is 3. The summed E-state index contributed by atoms with van der Waals surface area (Å²) >= 11 is 0. The van der Waals surface area contributed by atoms with Crippen LogP contribution < -0.4 is 17.1 Å². The monoisotopic (exact) mass is 261 g/mol. The Morgan fingerprint density at radius 2 is 1.58 bits per heavy atom. The molecule has 5 rings (SSSR count). The third-order valence-electron chi connectivity index (χ3n) is 5.49. The lowest BCUT2D eigenvalue weighted by atomic mass is 9.51. The third-order valence-corrected chi connectivity index (χ3v) is 5.49. The van der Waals surface area contributed by atoms with Gasteiger partial charge in [-0.2, -0.15) is 4.68 Å². The van der Waals surface area contributed by atoms with Gasteiger partial charge >= 0.3 is 0 Å². The number of hydrogen-bond donors (Lipinski definition) is 2. The van der Waals surface area contributed by atoms with Gasteiger partial charge in [-0.15, -0.1) is 10.2 Å². The smallest absolute Gasteiger partial charge is 0.295 e. The molecular formula is C13H19N5O. The second kappa shape index (κ2) is 3.71. The molecule has 6 nitrogen and oxygen atoms in total. The van der Waals surface area contributed by atoms with Crippen molar-refractivity contribution in [2.45, 2.75) is 38.0 Å². The third kappa shape index (κ3) is 1.52. The van der Waals surface area contributed by atoms with Crippen LogP contribution in [0, 0.1) is 23.7 Å². The normalized spacial score (nSPS) is 39.7. The van der Waals surface area contributed by atoms with Gasteiger partial charge in [0.1, 0.15) is 5.69 Å². The van der Waals surface area contributed by atoms with Crippen LogP contribution in [0.2, 0.25) is 0 Å². The molecule has 0 radical (unpaired) electrons. The molecule has 4 aliphatic rings. The van der Waals surface area contributed by atoms with Gasteiger partial charge in [-0.1, -0.05) is 0 Å². The fraction of sp³-hybridized carbons (Fsp3) is 0.769. The van der Waals surface area contributed by atoms with E-state index in [1.807, 2.05) is 0 Å². The number of rotatable bonds is 1.